The molecule has 0 radical (unpaired) electrons. The van der Waals surface area contributed by atoms with Crippen molar-refractivity contribution >= 4 is 27.5 Å². The second-order valence-corrected chi connectivity index (χ2v) is 11.6. The Morgan fingerprint density at radius 1 is 1.05 bits per heavy atom. The highest BCUT2D eigenvalue weighted by Crippen LogP contribution is 2.36. The van der Waals surface area contributed by atoms with Crippen LogP contribution in [0.3, 0.4) is 0 Å². The predicted molar refractivity (Wildman–Crippen MR) is 148 cm³/mol. The average molecular weight is 546 g/mol. The lowest BCUT2D eigenvalue weighted by Crippen LogP contribution is -2.50. The Labute approximate surface area is 226 Å². The van der Waals surface area contributed by atoms with Crippen molar-refractivity contribution in [2.24, 2.45) is 0 Å². The number of fused-ring (bicyclic) bond motifs is 1. The molecule has 208 valence electrons. The first-order chi connectivity index (χ1) is 18.0. The van der Waals surface area contributed by atoms with Crippen LogP contribution in [0.5, 0.6) is 11.5 Å². The molecular formula is C28H39N3O6S. The summed E-state index contributed by atoms with van der Waals surface area (Å²) in [6.07, 6.45) is 2.77. The molecule has 0 saturated carbocycles. The van der Waals surface area contributed by atoms with Gasteiger partial charge in [0.05, 0.1) is 11.9 Å². The van der Waals surface area contributed by atoms with Gasteiger partial charge in [0.2, 0.25) is 28.6 Å². The molecule has 1 N–H and O–H groups in total. The number of hydrogen-bond donors (Lipinski definition) is 1. The van der Waals surface area contributed by atoms with Crippen LogP contribution in [0, 0.1) is 6.92 Å². The molecule has 2 aromatic carbocycles. The molecule has 10 heteroatoms. The van der Waals surface area contributed by atoms with Gasteiger partial charge >= 0.3 is 0 Å². The number of anilines is 1. The van der Waals surface area contributed by atoms with Crippen molar-refractivity contribution in [3.63, 3.8) is 0 Å². The molecule has 0 bridgehead atoms. The van der Waals surface area contributed by atoms with Crippen LogP contribution in [0.1, 0.15) is 57.6 Å². The van der Waals surface area contributed by atoms with Crippen molar-refractivity contribution in [2.75, 3.05) is 23.9 Å². The maximum Gasteiger partial charge on any atom is 0.243 e. The monoisotopic (exact) mass is 545 g/mol. The molecule has 2 atom stereocenters. The van der Waals surface area contributed by atoms with E-state index in [1.807, 2.05) is 52.0 Å². The summed E-state index contributed by atoms with van der Waals surface area (Å²) in [6, 6.07) is 12.1. The average Bonchev–Trinajstić information content (AvgIpc) is 3.34. The lowest BCUT2D eigenvalue weighted by Gasteiger charge is -2.32. The van der Waals surface area contributed by atoms with Gasteiger partial charge in [0.15, 0.2) is 11.5 Å². The van der Waals surface area contributed by atoms with Gasteiger partial charge in [0, 0.05) is 31.6 Å². The molecule has 2 amide bonds. The summed E-state index contributed by atoms with van der Waals surface area (Å²) in [6.45, 7) is 8.31. The second kappa shape index (κ2) is 13.0. The summed E-state index contributed by atoms with van der Waals surface area (Å²) in [4.78, 5) is 28.4. The van der Waals surface area contributed by atoms with E-state index in [2.05, 4.69) is 5.32 Å². The zero-order chi connectivity index (χ0) is 27.9. The van der Waals surface area contributed by atoms with E-state index >= 15 is 0 Å². The maximum absolute atomic E-state index is 13.6. The van der Waals surface area contributed by atoms with Crippen molar-refractivity contribution in [1.82, 2.24) is 10.2 Å². The molecule has 38 heavy (non-hydrogen) atoms. The van der Waals surface area contributed by atoms with Crippen molar-refractivity contribution in [3.05, 3.63) is 53.6 Å². The lowest BCUT2D eigenvalue weighted by molar-refractivity contribution is -0.141. The highest BCUT2D eigenvalue weighted by Gasteiger charge is 2.30. The van der Waals surface area contributed by atoms with E-state index in [-0.39, 0.29) is 44.0 Å². The molecule has 1 aliphatic heterocycles. The quantitative estimate of drug-likeness (QED) is 0.408. The number of nitrogens with zero attached hydrogens (tertiary/aromatic N) is 2. The normalized spacial score (nSPS) is 14.0. The van der Waals surface area contributed by atoms with Gasteiger partial charge in [-0.2, -0.15) is 0 Å². The van der Waals surface area contributed by atoms with E-state index in [1.165, 1.54) is 4.31 Å². The van der Waals surface area contributed by atoms with E-state index in [9.17, 15) is 18.0 Å². The number of benzene rings is 2. The molecule has 0 aromatic heterocycles. The molecular weight excluding hydrogens is 506 g/mol. The number of nitrogens with one attached hydrogen (secondary N) is 1. The Bertz CT molecular complexity index is 1230. The summed E-state index contributed by atoms with van der Waals surface area (Å²) in [7, 11) is -3.61. The standard InChI is InChI=1S/C28H39N3O6S/c1-6-21(4)29-28(33)24(7-2)30(18-22-12-9-8-11-20(22)3)27(32)13-10-16-31(38(5,34)35)23-14-15-25-26(17-23)37-19-36-25/h8-9,11-12,14-15,17,21,24H,6-7,10,13,16,18-19H2,1-5H3,(H,29,33)/t21-,24+/m1/s1. The number of aryl methyl sites for hydroxylation is 1. The van der Waals surface area contributed by atoms with Gasteiger partial charge < -0.3 is 19.7 Å². The zero-order valence-electron chi connectivity index (χ0n) is 22.9. The molecule has 0 fully saturated rings. The fourth-order valence-corrected chi connectivity index (χ4v) is 5.33. The number of sulfonamides is 1. The molecule has 0 aliphatic carbocycles. The van der Waals surface area contributed by atoms with Crippen LogP contribution in [0.25, 0.3) is 0 Å². The third-order valence-corrected chi connectivity index (χ3v) is 7.98. The van der Waals surface area contributed by atoms with Gasteiger partial charge in [-0.3, -0.25) is 13.9 Å². The number of rotatable bonds is 13. The number of ether oxygens (including phenoxy) is 2. The molecule has 0 spiro atoms. The lowest BCUT2D eigenvalue weighted by atomic mass is 10.0. The molecule has 2 aromatic rings. The molecule has 3 rings (SSSR count). The van der Waals surface area contributed by atoms with Crippen LogP contribution >= 0.6 is 0 Å². The van der Waals surface area contributed by atoms with Crippen LogP contribution < -0.4 is 19.1 Å². The minimum atomic E-state index is -3.61. The van der Waals surface area contributed by atoms with E-state index in [1.54, 1.807) is 23.1 Å². The molecule has 9 nitrogen and oxygen atoms in total. The van der Waals surface area contributed by atoms with Crippen molar-refractivity contribution in [3.8, 4) is 11.5 Å². The highest BCUT2D eigenvalue weighted by atomic mass is 32.2. The Kier molecular flexibility index (Phi) is 10.0. The van der Waals surface area contributed by atoms with Crippen LogP contribution in [0.2, 0.25) is 0 Å². The van der Waals surface area contributed by atoms with Gasteiger partial charge in [-0.25, -0.2) is 8.42 Å². The van der Waals surface area contributed by atoms with E-state index in [0.717, 1.165) is 23.8 Å². The number of carbonyl (C=O) groups is 2. The van der Waals surface area contributed by atoms with Crippen molar-refractivity contribution < 1.29 is 27.5 Å². The maximum atomic E-state index is 13.6. The first-order valence-corrected chi connectivity index (χ1v) is 14.9. The third kappa shape index (κ3) is 7.40. The number of carbonyl (C=O) groups excluding carboxylic acids is 2. The van der Waals surface area contributed by atoms with E-state index < -0.39 is 16.1 Å². The smallest absolute Gasteiger partial charge is 0.243 e. The first-order valence-electron chi connectivity index (χ1n) is 13.1. The minimum absolute atomic E-state index is 0.00279. The Morgan fingerprint density at radius 3 is 2.42 bits per heavy atom. The van der Waals surface area contributed by atoms with Gasteiger partial charge in [-0.15, -0.1) is 0 Å². The van der Waals surface area contributed by atoms with Crippen LogP contribution in [-0.4, -0.2) is 56.8 Å². The fraction of sp³-hybridized carbons (Fsp3) is 0.500. The van der Waals surface area contributed by atoms with Gasteiger partial charge in [-0.05, 0) is 56.4 Å². The summed E-state index contributed by atoms with van der Waals surface area (Å²) >= 11 is 0. The summed E-state index contributed by atoms with van der Waals surface area (Å²) in [5.41, 5.74) is 2.45. The third-order valence-electron chi connectivity index (χ3n) is 6.79. The van der Waals surface area contributed by atoms with Gasteiger partial charge in [0.25, 0.3) is 0 Å². The topological polar surface area (TPSA) is 105 Å². The predicted octanol–water partition coefficient (Wildman–Crippen LogP) is 3.99. The molecule has 0 saturated heterocycles. The van der Waals surface area contributed by atoms with Crippen LogP contribution in [0.15, 0.2) is 42.5 Å². The van der Waals surface area contributed by atoms with Gasteiger partial charge in [0.1, 0.15) is 6.04 Å². The SMILES string of the molecule is CC[C@@H](C)NC(=O)[C@H](CC)N(Cc1ccccc1C)C(=O)CCCN(c1ccc2c(c1)OCO2)S(C)(=O)=O. The summed E-state index contributed by atoms with van der Waals surface area (Å²) < 4.78 is 37.2. The Balaban J connectivity index is 1.77. The number of hydrogen-bond acceptors (Lipinski definition) is 6. The van der Waals surface area contributed by atoms with Crippen LogP contribution in [-0.2, 0) is 26.2 Å². The van der Waals surface area contributed by atoms with Crippen LogP contribution in [0.4, 0.5) is 5.69 Å². The fourth-order valence-electron chi connectivity index (χ4n) is 4.38. The first kappa shape index (κ1) is 29.3. The highest BCUT2D eigenvalue weighted by molar-refractivity contribution is 7.92. The minimum Gasteiger partial charge on any atom is -0.454 e. The van der Waals surface area contributed by atoms with E-state index in [0.29, 0.717) is 30.2 Å². The molecule has 1 heterocycles. The second-order valence-electron chi connectivity index (χ2n) is 9.67. The zero-order valence-corrected chi connectivity index (χ0v) is 23.7. The van der Waals surface area contributed by atoms with Crippen molar-refractivity contribution in [1.29, 1.82) is 0 Å². The van der Waals surface area contributed by atoms with E-state index in [4.69, 9.17) is 9.47 Å². The summed E-state index contributed by atoms with van der Waals surface area (Å²) in [5, 5.41) is 3.01. The Morgan fingerprint density at radius 2 is 1.76 bits per heavy atom. The van der Waals surface area contributed by atoms with Crippen molar-refractivity contribution in [2.45, 2.75) is 72.0 Å². The largest absolute Gasteiger partial charge is 0.454 e. The van der Waals surface area contributed by atoms with Gasteiger partial charge in [-0.1, -0.05) is 38.1 Å². The number of amides is 2. The Hall–Kier alpha value is -3.27. The molecule has 0 unspecified atom stereocenters. The molecule has 1 aliphatic rings. The summed E-state index contributed by atoms with van der Waals surface area (Å²) in [5.74, 6) is 0.667.